The van der Waals surface area contributed by atoms with Gasteiger partial charge in [-0.2, -0.15) is 0 Å². The zero-order valence-electron chi connectivity index (χ0n) is 17.4. The van der Waals surface area contributed by atoms with E-state index < -0.39 is 11.6 Å². The van der Waals surface area contributed by atoms with Gasteiger partial charge >= 0.3 is 6.03 Å². The van der Waals surface area contributed by atoms with Crippen molar-refractivity contribution in [1.29, 1.82) is 0 Å². The van der Waals surface area contributed by atoms with Crippen molar-refractivity contribution < 1.29 is 23.9 Å². The van der Waals surface area contributed by atoms with Crippen molar-refractivity contribution in [1.82, 2.24) is 10.2 Å². The molecule has 0 fully saturated rings. The number of nitrogens with zero attached hydrogens (tertiary/aromatic N) is 1. The highest BCUT2D eigenvalue weighted by Gasteiger charge is 2.41. The third-order valence-corrected chi connectivity index (χ3v) is 4.53. The number of benzene rings is 2. The predicted molar refractivity (Wildman–Crippen MR) is 112 cm³/mol. The second-order valence-electron chi connectivity index (χ2n) is 7.78. The summed E-state index contributed by atoms with van der Waals surface area (Å²) < 4.78 is 10.6. The molecule has 1 aliphatic heterocycles. The molecule has 0 unspecified atom stereocenters. The van der Waals surface area contributed by atoms with Gasteiger partial charge in [0.2, 0.25) is 0 Å². The second kappa shape index (κ2) is 8.44. The Bertz CT molecular complexity index is 964. The molecule has 0 saturated carbocycles. The zero-order chi connectivity index (χ0) is 21.9. The lowest BCUT2D eigenvalue weighted by Gasteiger charge is -2.29. The smallest absolute Gasteiger partial charge is 0.319 e. The topological polar surface area (TPSA) is 97.0 Å². The molecule has 0 bridgehead atoms. The highest BCUT2D eigenvalue weighted by molar-refractivity contribution is 6.22. The fourth-order valence-corrected chi connectivity index (χ4v) is 3.11. The first kappa shape index (κ1) is 21.2. The van der Waals surface area contributed by atoms with E-state index in [0.29, 0.717) is 17.0 Å². The highest BCUT2D eigenvalue weighted by Crippen LogP contribution is 2.30. The van der Waals surface area contributed by atoms with Gasteiger partial charge in [-0.15, -0.1) is 0 Å². The fraction of sp³-hybridized carbons (Fsp3) is 0.318. The number of imide groups is 1. The molecule has 0 aliphatic carbocycles. The molecule has 2 aromatic rings. The summed E-state index contributed by atoms with van der Waals surface area (Å²) in [6.07, 6.45) is 0. The summed E-state index contributed by atoms with van der Waals surface area (Å²) in [6, 6.07) is 11.4. The summed E-state index contributed by atoms with van der Waals surface area (Å²) >= 11 is 0. The maximum Gasteiger partial charge on any atom is 0.319 e. The quantitative estimate of drug-likeness (QED) is 0.562. The molecular weight excluding hydrogens is 386 g/mol. The Morgan fingerprint density at radius 1 is 0.967 bits per heavy atom. The molecule has 3 rings (SSSR count). The minimum Gasteiger partial charge on any atom is -0.497 e. The number of hydrogen-bond donors (Lipinski definition) is 2. The van der Waals surface area contributed by atoms with Crippen LogP contribution in [0.5, 0.6) is 11.5 Å². The normalized spacial score (nSPS) is 13.1. The molecule has 0 saturated heterocycles. The molecule has 30 heavy (non-hydrogen) atoms. The Balaban J connectivity index is 1.52. The lowest BCUT2D eigenvalue weighted by molar-refractivity contribution is 0.0507. The molecule has 2 aromatic carbocycles. The monoisotopic (exact) mass is 411 g/mol. The van der Waals surface area contributed by atoms with Crippen LogP contribution < -0.4 is 20.1 Å². The number of nitrogens with one attached hydrogen (secondary N) is 2. The summed E-state index contributed by atoms with van der Waals surface area (Å²) in [6.45, 7) is 5.98. The van der Waals surface area contributed by atoms with Crippen molar-refractivity contribution in [3.8, 4) is 11.5 Å². The summed E-state index contributed by atoms with van der Waals surface area (Å²) in [5.74, 6) is 0.719. The van der Waals surface area contributed by atoms with Gasteiger partial charge in [0.05, 0.1) is 24.8 Å². The first-order chi connectivity index (χ1) is 14.2. The molecule has 0 aromatic heterocycles. The number of urea groups is 1. The first-order valence-electron chi connectivity index (χ1n) is 9.55. The minimum absolute atomic E-state index is 0.288. The standard InChI is InChI=1S/C22H25N3O5/c1-22(2,3)25-19(26)17-10-5-14(13-18(17)20(25)27)24-21(28)23-11-12-30-16-8-6-15(29-4)7-9-16/h5-10,13H,11-12H2,1-4H3,(H2,23,24,28). The number of methoxy groups -OCH3 is 1. The molecule has 8 heteroatoms. The molecule has 0 spiro atoms. The van der Waals surface area contributed by atoms with Crippen LogP contribution in [0.3, 0.4) is 0 Å². The number of rotatable bonds is 6. The van der Waals surface area contributed by atoms with Crippen molar-refractivity contribution in [2.24, 2.45) is 0 Å². The van der Waals surface area contributed by atoms with Crippen LogP contribution in [0.15, 0.2) is 42.5 Å². The minimum atomic E-state index is -0.623. The lowest BCUT2D eigenvalue weighted by atomic mass is 10.1. The van der Waals surface area contributed by atoms with Gasteiger partial charge in [-0.1, -0.05) is 0 Å². The Hall–Kier alpha value is -3.55. The first-order valence-corrected chi connectivity index (χ1v) is 9.55. The number of ether oxygens (including phenoxy) is 2. The second-order valence-corrected chi connectivity index (χ2v) is 7.78. The number of hydrogen-bond acceptors (Lipinski definition) is 5. The molecule has 1 aliphatic rings. The van der Waals surface area contributed by atoms with E-state index in [4.69, 9.17) is 9.47 Å². The van der Waals surface area contributed by atoms with Crippen LogP contribution in [0.2, 0.25) is 0 Å². The number of carbonyl (C=O) groups is 3. The van der Waals surface area contributed by atoms with Gasteiger partial charge in [0.15, 0.2) is 0 Å². The summed E-state index contributed by atoms with van der Waals surface area (Å²) in [4.78, 5) is 38.5. The molecular formula is C22H25N3O5. The molecule has 2 N–H and O–H groups in total. The van der Waals surface area contributed by atoms with Crippen molar-refractivity contribution in [3.05, 3.63) is 53.6 Å². The Kier molecular flexibility index (Phi) is 5.96. The summed E-state index contributed by atoms with van der Waals surface area (Å²) in [5.41, 5.74) is 0.436. The van der Waals surface area contributed by atoms with Crippen molar-refractivity contribution in [2.45, 2.75) is 26.3 Å². The van der Waals surface area contributed by atoms with Gasteiger partial charge in [0.1, 0.15) is 18.1 Å². The number of anilines is 1. The van der Waals surface area contributed by atoms with Crippen LogP contribution in [-0.4, -0.2) is 48.5 Å². The molecule has 0 radical (unpaired) electrons. The van der Waals surface area contributed by atoms with E-state index in [2.05, 4.69) is 10.6 Å². The van der Waals surface area contributed by atoms with E-state index in [1.807, 2.05) is 0 Å². The van der Waals surface area contributed by atoms with Gasteiger partial charge in [-0.3, -0.25) is 14.5 Å². The van der Waals surface area contributed by atoms with Gasteiger partial charge < -0.3 is 20.1 Å². The van der Waals surface area contributed by atoms with Crippen LogP contribution >= 0.6 is 0 Å². The third kappa shape index (κ3) is 4.53. The number of fused-ring (bicyclic) bond motifs is 1. The predicted octanol–water partition coefficient (Wildman–Crippen LogP) is 3.29. The summed E-state index contributed by atoms with van der Waals surface area (Å²) in [5, 5.41) is 5.35. The molecule has 158 valence electrons. The van der Waals surface area contributed by atoms with Gasteiger partial charge in [-0.05, 0) is 63.2 Å². The average molecular weight is 411 g/mol. The van der Waals surface area contributed by atoms with Gasteiger partial charge in [0, 0.05) is 11.2 Å². The van der Waals surface area contributed by atoms with E-state index in [0.717, 1.165) is 5.75 Å². The number of carbonyl (C=O) groups excluding carboxylic acids is 3. The van der Waals surface area contributed by atoms with E-state index in [-0.39, 0.29) is 30.5 Å². The van der Waals surface area contributed by atoms with E-state index in [1.165, 1.54) is 11.0 Å². The zero-order valence-corrected chi connectivity index (χ0v) is 17.4. The average Bonchev–Trinajstić information content (AvgIpc) is 2.95. The lowest BCUT2D eigenvalue weighted by Crippen LogP contribution is -2.45. The van der Waals surface area contributed by atoms with Gasteiger partial charge in [-0.25, -0.2) is 4.79 Å². The van der Waals surface area contributed by atoms with Gasteiger partial charge in [0.25, 0.3) is 11.8 Å². The van der Waals surface area contributed by atoms with E-state index in [1.54, 1.807) is 64.3 Å². The SMILES string of the molecule is COc1ccc(OCCNC(=O)Nc2ccc3c(c2)C(=O)N(C(C)(C)C)C3=O)cc1. The maximum atomic E-state index is 12.6. The molecule has 8 nitrogen and oxygen atoms in total. The third-order valence-electron chi connectivity index (χ3n) is 4.53. The Labute approximate surface area is 175 Å². The van der Waals surface area contributed by atoms with Crippen LogP contribution in [-0.2, 0) is 0 Å². The number of amides is 4. The van der Waals surface area contributed by atoms with Crippen LogP contribution in [0.4, 0.5) is 10.5 Å². The van der Waals surface area contributed by atoms with E-state index >= 15 is 0 Å². The summed E-state index contributed by atoms with van der Waals surface area (Å²) in [7, 11) is 1.59. The maximum absolute atomic E-state index is 12.6. The van der Waals surface area contributed by atoms with Crippen LogP contribution in [0, 0.1) is 0 Å². The van der Waals surface area contributed by atoms with Crippen LogP contribution in [0.25, 0.3) is 0 Å². The fourth-order valence-electron chi connectivity index (χ4n) is 3.11. The van der Waals surface area contributed by atoms with Crippen molar-refractivity contribution in [3.63, 3.8) is 0 Å². The van der Waals surface area contributed by atoms with Crippen molar-refractivity contribution in [2.75, 3.05) is 25.6 Å². The largest absolute Gasteiger partial charge is 0.497 e. The molecule has 0 atom stereocenters. The van der Waals surface area contributed by atoms with Crippen LogP contribution in [0.1, 0.15) is 41.5 Å². The molecule has 4 amide bonds. The van der Waals surface area contributed by atoms with Crippen molar-refractivity contribution >= 4 is 23.5 Å². The van der Waals surface area contributed by atoms with E-state index in [9.17, 15) is 14.4 Å². The molecule has 1 heterocycles. The Morgan fingerprint density at radius 2 is 1.60 bits per heavy atom. The Morgan fingerprint density at radius 3 is 2.23 bits per heavy atom. The highest BCUT2D eigenvalue weighted by atomic mass is 16.5.